The lowest BCUT2D eigenvalue weighted by atomic mass is 10.1. The van der Waals surface area contributed by atoms with Gasteiger partial charge in [-0.2, -0.15) is 0 Å². The molecule has 1 saturated heterocycles. The standard InChI is InChI=1S/C20H21BFN3O6/c1-29-18-15-12(17(26)13(19(27)30-2)10-24(15)11-3-4-11)9-14(22)16(18)23-5-6-25(20(21)28)31-8-7-23/h9-11H,3-8H2,1-2H3. The summed E-state index contributed by atoms with van der Waals surface area (Å²) in [5.41, 5.74) is -0.210. The number of anilines is 1. The average Bonchev–Trinajstić information content (AvgIpc) is 3.60. The summed E-state index contributed by atoms with van der Waals surface area (Å²) < 4.78 is 27.5. The quantitative estimate of drug-likeness (QED) is 0.539. The molecule has 1 aromatic carbocycles. The Bertz CT molecular complexity index is 1120. The summed E-state index contributed by atoms with van der Waals surface area (Å²) in [5, 5.41) is 1.06. The van der Waals surface area contributed by atoms with Gasteiger partial charge in [0.15, 0.2) is 17.4 Å². The highest BCUT2D eigenvalue weighted by atomic mass is 19.1. The molecule has 31 heavy (non-hydrogen) atoms. The molecule has 4 rings (SSSR count). The predicted molar refractivity (Wildman–Crippen MR) is 110 cm³/mol. The number of halogens is 1. The number of carbonyl (C=O) groups excluding carboxylic acids is 2. The monoisotopic (exact) mass is 429 g/mol. The number of pyridine rings is 1. The van der Waals surface area contributed by atoms with Crippen molar-refractivity contribution in [3.05, 3.63) is 33.9 Å². The van der Waals surface area contributed by atoms with E-state index in [1.165, 1.54) is 20.4 Å². The van der Waals surface area contributed by atoms with E-state index in [1.54, 1.807) is 9.47 Å². The van der Waals surface area contributed by atoms with Crippen LogP contribution in [-0.4, -0.2) is 69.7 Å². The van der Waals surface area contributed by atoms with Crippen LogP contribution in [0.1, 0.15) is 29.2 Å². The molecule has 0 spiro atoms. The summed E-state index contributed by atoms with van der Waals surface area (Å²) in [4.78, 5) is 43.5. The van der Waals surface area contributed by atoms with E-state index in [2.05, 4.69) is 0 Å². The van der Waals surface area contributed by atoms with Gasteiger partial charge in [-0.15, -0.1) is 0 Å². The third-order valence-electron chi connectivity index (χ3n) is 5.49. The maximum atomic E-state index is 15.4. The van der Waals surface area contributed by atoms with Crippen molar-refractivity contribution >= 4 is 36.2 Å². The van der Waals surface area contributed by atoms with Gasteiger partial charge >= 0.3 is 5.97 Å². The maximum Gasteiger partial charge on any atom is 0.343 e. The van der Waals surface area contributed by atoms with Crippen LogP contribution < -0.4 is 15.1 Å². The van der Waals surface area contributed by atoms with Crippen molar-refractivity contribution < 1.29 is 28.3 Å². The van der Waals surface area contributed by atoms with Gasteiger partial charge in [-0.25, -0.2) is 14.2 Å². The molecule has 2 fully saturated rings. The number of rotatable bonds is 4. The SMILES string of the molecule is [B]C(=O)N1CCN(c2c(F)cc3c(=O)c(C(=O)OC)cn(C4CC4)c3c2OC)CCO1. The fourth-order valence-electron chi connectivity index (χ4n) is 3.87. The number of ether oxygens (including phenoxy) is 2. The number of hydrogen-bond donors (Lipinski definition) is 0. The normalized spacial score (nSPS) is 16.9. The van der Waals surface area contributed by atoms with Crippen LogP contribution in [-0.2, 0) is 9.57 Å². The number of hydroxylamine groups is 2. The van der Waals surface area contributed by atoms with Gasteiger partial charge in [0, 0.05) is 25.3 Å². The van der Waals surface area contributed by atoms with E-state index in [0.29, 0.717) is 5.52 Å². The molecule has 1 saturated carbocycles. The molecule has 2 radical (unpaired) electrons. The molecule has 0 N–H and O–H groups in total. The van der Waals surface area contributed by atoms with Crippen LogP contribution in [0.4, 0.5) is 14.9 Å². The predicted octanol–water partition coefficient (Wildman–Crippen LogP) is 1.61. The topological polar surface area (TPSA) is 90.3 Å². The van der Waals surface area contributed by atoms with E-state index in [9.17, 15) is 14.4 Å². The third-order valence-corrected chi connectivity index (χ3v) is 5.49. The second-order valence-corrected chi connectivity index (χ2v) is 7.40. The van der Waals surface area contributed by atoms with E-state index in [4.69, 9.17) is 22.2 Å². The Hall–Kier alpha value is -3.08. The van der Waals surface area contributed by atoms with Gasteiger partial charge in [-0.05, 0) is 18.9 Å². The van der Waals surface area contributed by atoms with E-state index in [1.807, 2.05) is 0 Å². The van der Waals surface area contributed by atoms with Gasteiger partial charge < -0.3 is 18.9 Å². The number of aromatic nitrogens is 1. The van der Waals surface area contributed by atoms with Crippen LogP contribution in [0.5, 0.6) is 5.75 Å². The Labute approximate surface area is 178 Å². The highest BCUT2D eigenvalue weighted by Crippen LogP contribution is 2.43. The number of carbonyl (C=O) groups is 2. The smallest absolute Gasteiger partial charge is 0.343 e. The van der Waals surface area contributed by atoms with Gasteiger partial charge in [0.2, 0.25) is 13.3 Å². The van der Waals surface area contributed by atoms with E-state index < -0.39 is 23.0 Å². The molecule has 162 valence electrons. The van der Waals surface area contributed by atoms with Crippen molar-refractivity contribution in [3.63, 3.8) is 0 Å². The van der Waals surface area contributed by atoms with E-state index in [-0.39, 0.29) is 54.7 Å². The van der Waals surface area contributed by atoms with Crippen LogP contribution in [0.3, 0.4) is 0 Å². The van der Waals surface area contributed by atoms with Gasteiger partial charge in [0.25, 0.3) is 0 Å². The lowest BCUT2D eigenvalue weighted by Crippen LogP contribution is -2.34. The first-order valence-electron chi connectivity index (χ1n) is 9.85. The molecule has 1 aliphatic heterocycles. The molecule has 2 heterocycles. The van der Waals surface area contributed by atoms with Crippen molar-refractivity contribution in [1.82, 2.24) is 9.63 Å². The van der Waals surface area contributed by atoms with Crippen molar-refractivity contribution in [2.24, 2.45) is 0 Å². The first-order valence-corrected chi connectivity index (χ1v) is 9.85. The molecule has 1 amide bonds. The van der Waals surface area contributed by atoms with Crippen LogP contribution in [0.2, 0.25) is 0 Å². The lowest BCUT2D eigenvalue weighted by molar-refractivity contribution is -0.0963. The Balaban J connectivity index is 1.91. The molecule has 0 bridgehead atoms. The minimum absolute atomic E-state index is 0.0396. The average molecular weight is 429 g/mol. The molecular formula is C20H21BFN3O6. The zero-order chi connectivity index (χ0) is 22.3. The summed E-state index contributed by atoms with van der Waals surface area (Å²) in [6.07, 6.45) is 3.18. The first kappa shape index (κ1) is 21.2. The Morgan fingerprint density at radius 1 is 1.23 bits per heavy atom. The number of benzene rings is 1. The van der Waals surface area contributed by atoms with Crippen LogP contribution in [0.15, 0.2) is 17.1 Å². The third kappa shape index (κ3) is 3.73. The minimum atomic E-state index is -0.777. The van der Waals surface area contributed by atoms with Crippen LogP contribution >= 0.6 is 0 Å². The Morgan fingerprint density at radius 2 is 1.97 bits per heavy atom. The van der Waals surface area contributed by atoms with Crippen molar-refractivity contribution in [1.29, 1.82) is 0 Å². The molecule has 11 heteroatoms. The summed E-state index contributed by atoms with van der Waals surface area (Å²) in [7, 11) is 7.87. The first-order chi connectivity index (χ1) is 14.9. The number of fused-ring (bicyclic) bond motifs is 1. The number of hydrogen-bond acceptors (Lipinski definition) is 7. The molecule has 9 nitrogen and oxygen atoms in total. The Morgan fingerprint density at radius 3 is 2.58 bits per heavy atom. The summed E-state index contributed by atoms with van der Waals surface area (Å²) in [6, 6.07) is 1.19. The van der Waals surface area contributed by atoms with Crippen LogP contribution in [0, 0.1) is 5.82 Å². The van der Waals surface area contributed by atoms with Gasteiger partial charge in [0.1, 0.15) is 11.3 Å². The van der Waals surface area contributed by atoms with Crippen LogP contribution in [0.25, 0.3) is 10.9 Å². The molecule has 1 aliphatic carbocycles. The molecule has 2 aliphatic rings. The fourth-order valence-corrected chi connectivity index (χ4v) is 3.87. The second-order valence-electron chi connectivity index (χ2n) is 7.40. The zero-order valence-electron chi connectivity index (χ0n) is 17.2. The summed E-state index contributed by atoms with van der Waals surface area (Å²) in [6.45, 7) is 0.763. The summed E-state index contributed by atoms with van der Waals surface area (Å²) >= 11 is 0. The highest BCUT2D eigenvalue weighted by molar-refractivity contribution is 6.56. The van der Waals surface area contributed by atoms with Crippen molar-refractivity contribution in [3.8, 4) is 5.75 Å². The highest BCUT2D eigenvalue weighted by Gasteiger charge is 2.32. The number of methoxy groups -OCH3 is 2. The van der Waals surface area contributed by atoms with E-state index >= 15 is 4.39 Å². The number of amides is 1. The zero-order valence-corrected chi connectivity index (χ0v) is 17.2. The minimum Gasteiger partial charge on any atom is -0.492 e. The maximum absolute atomic E-state index is 15.4. The molecular weight excluding hydrogens is 408 g/mol. The lowest BCUT2D eigenvalue weighted by Gasteiger charge is -2.26. The Kier molecular flexibility index (Phi) is 5.61. The number of nitrogens with zero attached hydrogens (tertiary/aromatic N) is 3. The van der Waals surface area contributed by atoms with Gasteiger partial charge in [-0.1, -0.05) is 0 Å². The summed E-state index contributed by atoms with van der Waals surface area (Å²) in [5.74, 6) is -2.01. The van der Waals surface area contributed by atoms with E-state index in [0.717, 1.165) is 24.0 Å². The van der Waals surface area contributed by atoms with Crippen molar-refractivity contribution in [2.75, 3.05) is 45.4 Å². The van der Waals surface area contributed by atoms with Gasteiger partial charge in [0.05, 0.1) is 38.3 Å². The van der Waals surface area contributed by atoms with Gasteiger partial charge in [-0.3, -0.25) is 14.4 Å². The fraction of sp³-hybridized carbons (Fsp3) is 0.450. The molecule has 2 aromatic rings. The second kappa shape index (κ2) is 8.22. The van der Waals surface area contributed by atoms with Crippen molar-refractivity contribution in [2.45, 2.75) is 18.9 Å². The molecule has 1 aromatic heterocycles. The largest absolute Gasteiger partial charge is 0.492 e. The molecule has 0 atom stereocenters. The molecule has 0 unspecified atom stereocenters. The number of esters is 1.